The number of amides is 4. The number of carbonyl (C=O) groups is 3. The number of imide groups is 1. The second-order valence-electron chi connectivity index (χ2n) is 5.51. The average Bonchev–Trinajstić information content (AvgIpc) is 3.21. The first-order chi connectivity index (χ1) is 11.6. The van der Waals surface area contributed by atoms with Gasteiger partial charge in [-0.25, -0.2) is 4.79 Å². The number of benzene rings is 1. The number of nitrogens with zero attached hydrogens (tertiary/aromatic N) is 1. The summed E-state index contributed by atoms with van der Waals surface area (Å²) in [6, 6.07) is 10.4. The Morgan fingerprint density at radius 2 is 2.08 bits per heavy atom. The van der Waals surface area contributed by atoms with Crippen LogP contribution >= 0.6 is 11.3 Å². The minimum atomic E-state index is -0.429. The van der Waals surface area contributed by atoms with E-state index < -0.39 is 6.03 Å². The van der Waals surface area contributed by atoms with Gasteiger partial charge in [-0.15, -0.1) is 11.3 Å². The summed E-state index contributed by atoms with van der Waals surface area (Å²) in [5.41, 5.74) is 1.10. The number of rotatable bonds is 5. The van der Waals surface area contributed by atoms with Crippen molar-refractivity contribution in [2.45, 2.75) is 19.5 Å². The Morgan fingerprint density at radius 1 is 1.29 bits per heavy atom. The Bertz CT molecular complexity index is 757. The summed E-state index contributed by atoms with van der Waals surface area (Å²) in [5, 5.41) is 7.39. The number of carbonyl (C=O) groups excluding carboxylic acids is 3. The summed E-state index contributed by atoms with van der Waals surface area (Å²) in [6.07, 6.45) is 0. The van der Waals surface area contributed by atoms with Gasteiger partial charge in [0, 0.05) is 10.4 Å². The van der Waals surface area contributed by atoms with Gasteiger partial charge in [0.15, 0.2) is 0 Å². The number of urea groups is 1. The van der Waals surface area contributed by atoms with Gasteiger partial charge in [0.05, 0.1) is 19.1 Å². The summed E-state index contributed by atoms with van der Waals surface area (Å²) in [6.45, 7) is 2.01. The molecule has 0 radical (unpaired) electrons. The zero-order valence-corrected chi connectivity index (χ0v) is 13.9. The Morgan fingerprint density at radius 3 is 2.75 bits per heavy atom. The van der Waals surface area contributed by atoms with Crippen LogP contribution in [0.5, 0.6) is 0 Å². The molecule has 1 atom stereocenters. The highest BCUT2D eigenvalue weighted by molar-refractivity contribution is 7.10. The van der Waals surface area contributed by atoms with Gasteiger partial charge in [-0.2, -0.15) is 0 Å². The molecule has 6 nitrogen and oxygen atoms in total. The SMILES string of the molecule is CC(NC(=O)c1ccccc1CN1C(=O)CNC1=O)c1cccs1. The maximum atomic E-state index is 12.6. The summed E-state index contributed by atoms with van der Waals surface area (Å²) < 4.78 is 0. The monoisotopic (exact) mass is 343 g/mol. The molecule has 1 unspecified atom stereocenters. The van der Waals surface area contributed by atoms with Crippen molar-refractivity contribution in [1.82, 2.24) is 15.5 Å². The van der Waals surface area contributed by atoms with Crippen molar-refractivity contribution in [3.05, 3.63) is 57.8 Å². The van der Waals surface area contributed by atoms with E-state index in [1.807, 2.05) is 24.4 Å². The molecule has 0 aliphatic carbocycles. The predicted octanol–water partition coefficient (Wildman–Crippen LogP) is 2.29. The molecular formula is C17H17N3O3S. The second-order valence-corrected chi connectivity index (χ2v) is 6.49. The van der Waals surface area contributed by atoms with E-state index in [9.17, 15) is 14.4 Å². The largest absolute Gasteiger partial charge is 0.345 e. The fourth-order valence-electron chi connectivity index (χ4n) is 2.55. The Balaban J connectivity index is 1.77. The van der Waals surface area contributed by atoms with Gasteiger partial charge in [0.2, 0.25) is 5.91 Å². The van der Waals surface area contributed by atoms with Crippen LogP contribution in [0.1, 0.15) is 33.8 Å². The maximum Gasteiger partial charge on any atom is 0.324 e. The van der Waals surface area contributed by atoms with E-state index >= 15 is 0 Å². The van der Waals surface area contributed by atoms with Crippen LogP contribution < -0.4 is 10.6 Å². The Kier molecular flexibility index (Phi) is 4.61. The number of thiophene rings is 1. The van der Waals surface area contributed by atoms with Crippen LogP contribution in [0.4, 0.5) is 4.79 Å². The fourth-order valence-corrected chi connectivity index (χ4v) is 3.28. The van der Waals surface area contributed by atoms with E-state index in [2.05, 4.69) is 10.6 Å². The number of hydrogen-bond acceptors (Lipinski definition) is 4. The Labute approximate surface area is 143 Å². The van der Waals surface area contributed by atoms with Gasteiger partial charge >= 0.3 is 6.03 Å². The first kappa shape index (κ1) is 16.2. The van der Waals surface area contributed by atoms with Gasteiger partial charge < -0.3 is 10.6 Å². The summed E-state index contributed by atoms with van der Waals surface area (Å²) in [4.78, 5) is 38.2. The minimum absolute atomic E-state index is 0.00259. The first-order valence-electron chi connectivity index (χ1n) is 7.56. The normalized spacial score (nSPS) is 15.3. The molecule has 7 heteroatoms. The van der Waals surface area contributed by atoms with E-state index in [1.54, 1.807) is 35.6 Å². The highest BCUT2D eigenvalue weighted by Crippen LogP contribution is 2.20. The highest BCUT2D eigenvalue weighted by atomic mass is 32.1. The maximum absolute atomic E-state index is 12.6. The third-order valence-electron chi connectivity index (χ3n) is 3.85. The molecule has 2 N–H and O–H groups in total. The van der Waals surface area contributed by atoms with Gasteiger partial charge in [0.25, 0.3) is 5.91 Å². The molecule has 2 heterocycles. The molecule has 124 valence electrons. The molecule has 1 fully saturated rings. The zero-order chi connectivity index (χ0) is 17.1. The van der Waals surface area contributed by atoms with Gasteiger partial charge in [-0.05, 0) is 30.0 Å². The van der Waals surface area contributed by atoms with Crippen molar-refractivity contribution in [2.24, 2.45) is 0 Å². The quantitative estimate of drug-likeness (QED) is 0.818. The van der Waals surface area contributed by atoms with Crippen molar-refractivity contribution in [2.75, 3.05) is 6.54 Å². The molecule has 1 saturated heterocycles. The molecule has 0 saturated carbocycles. The van der Waals surface area contributed by atoms with Crippen LogP contribution in [-0.4, -0.2) is 29.3 Å². The Hall–Kier alpha value is -2.67. The van der Waals surface area contributed by atoms with Crippen molar-refractivity contribution in [3.8, 4) is 0 Å². The van der Waals surface area contributed by atoms with E-state index in [-0.39, 0.29) is 30.9 Å². The molecule has 0 spiro atoms. The highest BCUT2D eigenvalue weighted by Gasteiger charge is 2.29. The predicted molar refractivity (Wildman–Crippen MR) is 90.6 cm³/mol. The molecule has 1 aromatic carbocycles. The fraction of sp³-hybridized carbons (Fsp3) is 0.235. The lowest BCUT2D eigenvalue weighted by molar-refractivity contribution is -0.125. The molecule has 1 aliphatic heterocycles. The second kappa shape index (κ2) is 6.84. The minimum Gasteiger partial charge on any atom is -0.345 e. The molecule has 2 aromatic rings. The van der Waals surface area contributed by atoms with Crippen LogP contribution in [0, 0.1) is 0 Å². The van der Waals surface area contributed by atoms with Crippen LogP contribution in [0.2, 0.25) is 0 Å². The lowest BCUT2D eigenvalue weighted by Gasteiger charge is -2.17. The first-order valence-corrected chi connectivity index (χ1v) is 8.44. The van der Waals surface area contributed by atoms with Gasteiger partial charge in [0.1, 0.15) is 0 Å². The number of hydrogen-bond donors (Lipinski definition) is 2. The van der Waals surface area contributed by atoms with Gasteiger partial charge in [-0.3, -0.25) is 14.5 Å². The molecule has 4 amide bonds. The smallest absolute Gasteiger partial charge is 0.324 e. The lowest BCUT2D eigenvalue weighted by atomic mass is 10.1. The topological polar surface area (TPSA) is 78.5 Å². The zero-order valence-electron chi connectivity index (χ0n) is 13.1. The molecule has 1 aromatic heterocycles. The van der Waals surface area contributed by atoms with Gasteiger partial charge in [-0.1, -0.05) is 24.3 Å². The van der Waals surface area contributed by atoms with Crippen LogP contribution in [0.3, 0.4) is 0 Å². The molecule has 0 bridgehead atoms. The summed E-state index contributed by atoms with van der Waals surface area (Å²) in [7, 11) is 0. The van der Waals surface area contributed by atoms with E-state index in [4.69, 9.17) is 0 Å². The van der Waals surface area contributed by atoms with Crippen LogP contribution in [-0.2, 0) is 11.3 Å². The van der Waals surface area contributed by atoms with Crippen molar-refractivity contribution >= 4 is 29.2 Å². The van der Waals surface area contributed by atoms with Crippen molar-refractivity contribution < 1.29 is 14.4 Å². The summed E-state index contributed by atoms with van der Waals surface area (Å²) in [5.74, 6) is -0.513. The molecule has 24 heavy (non-hydrogen) atoms. The third kappa shape index (κ3) is 3.30. The molecular weight excluding hydrogens is 326 g/mol. The number of nitrogens with one attached hydrogen (secondary N) is 2. The van der Waals surface area contributed by atoms with Crippen LogP contribution in [0.25, 0.3) is 0 Å². The van der Waals surface area contributed by atoms with Crippen molar-refractivity contribution in [3.63, 3.8) is 0 Å². The van der Waals surface area contributed by atoms with E-state index in [0.29, 0.717) is 11.1 Å². The average molecular weight is 343 g/mol. The molecule has 3 rings (SSSR count). The van der Waals surface area contributed by atoms with Crippen molar-refractivity contribution in [1.29, 1.82) is 0 Å². The third-order valence-corrected chi connectivity index (χ3v) is 4.90. The molecule has 1 aliphatic rings. The summed E-state index contributed by atoms with van der Waals surface area (Å²) >= 11 is 1.58. The van der Waals surface area contributed by atoms with E-state index in [1.165, 1.54) is 0 Å². The van der Waals surface area contributed by atoms with E-state index in [0.717, 1.165) is 9.78 Å². The lowest BCUT2D eigenvalue weighted by Crippen LogP contribution is -2.32. The van der Waals surface area contributed by atoms with Crippen LogP contribution in [0.15, 0.2) is 41.8 Å². The standard InChI is InChI=1S/C17H17N3O3S/c1-11(14-7-4-8-24-14)19-16(22)13-6-3-2-5-12(13)10-20-15(21)9-18-17(20)23/h2-8,11H,9-10H2,1H3,(H,18,23)(H,19,22).